The molecule has 1 aromatic rings. The van der Waals surface area contributed by atoms with Crippen molar-refractivity contribution in [1.82, 2.24) is 0 Å². The largest absolute Gasteiger partial charge is 0.481 e. The molecule has 0 saturated heterocycles. The number of carboxylic acids is 1. The molecular formula is C12H9FO3. The van der Waals surface area contributed by atoms with Crippen LogP contribution >= 0.6 is 0 Å². The van der Waals surface area contributed by atoms with Crippen LogP contribution in [0, 0.1) is 17.7 Å². The molecule has 1 N–H and O–H groups in total. The molecule has 0 aliphatic rings. The van der Waals surface area contributed by atoms with E-state index in [1.807, 2.05) is 0 Å². The van der Waals surface area contributed by atoms with E-state index in [9.17, 15) is 14.0 Å². The predicted molar refractivity (Wildman–Crippen MR) is 55.5 cm³/mol. The molecule has 0 amide bonds. The average molecular weight is 220 g/mol. The van der Waals surface area contributed by atoms with E-state index in [2.05, 4.69) is 11.8 Å². The first-order valence-electron chi connectivity index (χ1n) is 4.52. The van der Waals surface area contributed by atoms with Gasteiger partial charge in [0.05, 0.1) is 11.1 Å². The van der Waals surface area contributed by atoms with Crippen molar-refractivity contribution >= 4 is 11.8 Å². The Morgan fingerprint density at radius 2 is 2.12 bits per heavy atom. The molecule has 0 heterocycles. The van der Waals surface area contributed by atoms with Gasteiger partial charge in [-0.2, -0.15) is 0 Å². The fourth-order valence-electron chi connectivity index (χ4n) is 1.12. The standard InChI is InChI=1S/C12H9FO3/c1-8(14)10-6-2-4-9(12(10)13)5-3-7-11(15)16/h2,4,6H,7H2,1H3,(H,15,16). The number of benzene rings is 1. The Kier molecular flexibility index (Phi) is 3.78. The van der Waals surface area contributed by atoms with Gasteiger partial charge in [-0.1, -0.05) is 17.9 Å². The molecule has 0 radical (unpaired) electrons. The molecule has 1 aromatic carbocycles. The molecule has 0 unspecified atom stereocenters. The summed E-state index contributed by atoms with van der Waals surface area (Å²) in [6, 6.07) is 4.27. The number of carbonyl (C=O) groups is 2. The molecular weight excluding hydrogens is 211 g/mol. The van der Waals surface area contributed by atoms with Crippen molar-refractivity contribution in [3.63, 3.8) is 0 Å². The number of ketones is 1. The topological polar surface area (TPSA) is 54.4 Å². The van der Waals surface area contributed by atoms with E-state index in [1.165, 1.54) is 25.1 Å². The number of Topliss-reactive ketones (excluding diaryl/α,β-unsaturated/α-hetero) is 1. The number of carboxylic acid groups (broad SMARTS) is 1. The van der Waals surface area contributed by atoms with Gasteiger partial charge in [0.15, 0.2) is 5.78 Å². The summed E-state index contributed by atoms with van der Waals surface area (Å²) in [5.74, 6) is 2.52. The van der Waals surface area contributed by atoms with Gasteiger partial charge in [-0.15, -0.1) is 0 Å². The monoisotopic (exact) mass is 220 g/mol. The Labute approximate surface area is 91.9 Å². The lowest BCUT2D eigenvalue weighted by atomic mass is 10.1. The Morgan fingerprint density at radius 1 is 1.44 bits per heavy atom. The Bertz CT molecular complexity index is 495. The lowest BCUT2D eigenvalue weighted by Gasteiger charge is -1.99. The van der Waals surface area contributed by atoms with Crippen LogP contribution in [-0.4, -0.2) is 16.9 Å². The van der Waals surface area contributed by atoms with Gasteiger partial charge in [0.25, 0.3) is 0 Å². The van der Waals surface area contributed by atoms with Gasteiger partial charge >= 0.3 is 5.97 Å². The third kappa shape index (κ3) is 2.92. The fraction of sp³-hybridized carbons (Fsp3) is 0.167. The number of hydrogen-bond donors (Lipinski definition) is 1. The van der Waals surface area contributed by atoms with Crippen molar-refractivity contribution in [3.8, 4) is 11.8 Å². The fourth-order valence-corrected chi connectivity index (χ4v) is 1.12. The maximum Gasteiger partial charge on any atom is 0.315 e. The summed E-state index contributed by atoms with van der Waals surface area (Å²) in [5, 5.41) is 8.35. The van der Waals surface area contributed by atoms with Gasteiger partial charge in [0, 0.05) is 0 Å². The number of rotatable bonds is 2. The third-order valence-corrected chi connectivity index (χ3v) is 1.84. The third-order valence-electron chi connectivity index (χ3n) is 1.84. The van der Waals surface area contributed by atoms with E-state index in [0.29, 0.717) is 0 Å². The molecule has 0 fully saturated rings. The second-order valence-electron chi connectivity index (χ2n) is 3.10. The van der Waals surface area contributed by atoms with E-state index in [4.69, 9.17) is 5.11 Å². The minimum absolute atomic E-state index is 0.0361. The van der Waals surface area contributed by atoms with E-state index < -0.39 is 11.8 Å². The van der Waals surface area contributed by atoms with Crippen molar-refractivity contribution in [3.05, 3.63) is 35.1 Å². The number of halogens is 1. The highest BCUT2D eigenvalue weighted by Gasteiger charge is 2.09. The summed E-state index contributed by atoms with van der Waals surface area (Å²) in [6.07, 6.45) is -0.357. The number of hydrogen-bond acceptors (Lipinski definition) is 2. The van der Waals surface area contributed by atoms with E-state index in [0.717, 1.165) is 0 Å². The van der Waals surface area contributed by atoms with Gasteiger partial charge in [0.2, 0.25) is 0 Å². The Hall–Kier alpha value is -2.15. The van der Waals surface area contributed by atoms with E-state index in [1.54, 1.807) is 0 Å². The second kappa shape index (κ2) is 5.08. The zero-order chi connectivity index (χ0) is 12.1. The summed E-state index contributed by atoms with van der Waals surface area (Å²) < 4.78 is 13.6. The molecule has 16 heavy (non-hydrogen) atoms. The zero-order valence-electron chi connectivity index (χ0n) is 8.58. The van der Waals surface area contributed by atoms with E-state index >= 15 is 0 Å². The predicted octanol–water partition coefficient (Wildman–Crippen LogP) is 1.85. The van der Waals surface area contributed by atoms with Crippen LogP contribution in [0.3, 0.4) is 0 Å². The summed E-state index contributed by atoms with van der Waals surface area (Å²) >= 11 is 0. The molecule has 82 valence electrons. The maximum atomic E-state index is 13.6. The molecule has 4 heteroatoms. The van der Waals surface area contributed by atoms with Crippen LogP contribution in [0.1, 0.15) is 29.3 Å². The summed E-state index contributed by atoms with van der Waals surface area (Å²) in [7, 11) is 0. The van der Waals surface area contributed by atoms with Crippen LogP contribution < -0.4 is 0 Å². The minimum atomic E-state index is -1.07. The minimum Gasteiger partial charge on any atom is -0.481 e. The molecule has 0 aliphatic heterocycles. The summed E-state index contributed by atoms with van der Waals surface area (Å²) in [5.41, 5.74) is -0.00363. The number of aliphatic carboxylic acids is 1. The first kappa shape index (κ1) is 11.9. The quantitative estimate of drug-likeness (QED) is 0.611. The SMILES string of the molecule is CC(=O)c1cccc(C#CCC(=O)O)c1F. The van der Waals surface area contributed by atoms with Crippen LogP contribution in [0.4, 0.5) is 4.39 Å². The van der Waals surface area contributed by atoms with Crippen molar-refractivity contribution in [2.45, 2.75) is 13.3 Å². The lowest BCUT2D eigenvalue weighted by molar-refractivity contribution is -0.135. The van der Waals surface area contributed by atoms with Crippen molar-refractivity contribution in [2.75, 3.05) is 0 Å². The molecule has 0 spiro atoms. The van der Waals surface area contributed by atoms with Crippen molar-refractivity contribution in [1.29, 1.82) is 0 Å². The molecule has 0 aliphatic carbocycles. The number of carbonyl (C=O) groups excluding carboxylic acids is 1. The molecule has 0 atom stereocenters. The van der Waals surface area contributed by atoms with Crippen LogP contribution in [-0.2, 0) is 4.79 Å². The maximum absolute atomic E-state index is 13.6. The zero-order valence-corrected chi connectivity index (χ0v) is 8.58. The lowest BCUT2D eigenvalue weighted by Crippen LogP contribution is -1.99. The first-order chi connectivity index (χ1) is 7.52. The molecule has 1 rings (SSSR count). The molecule has 0 bridgehead atoms. The van der Waals surface area contributed by atoms with Gasteiger partial charge in [-0.25, -0.2) is 4.39 Å². The molecule has 0 saturated carbocycles. The average Bonchev–Trinajstić information content (AvgIpc) is 2.19. The molecule has 0 aromatic heterocycles. The van der Waals surface area contributed by atoms with Gasteiger partial charge < -0.3 is 5.11 Å². The van der Waals surface area contributed by atoms with Gasteiger partial charge in [-0.05, 0) is 19.1 Å². The van der Waals surface area contributed by atoms with Crippen LogP contribution in [0.5, 0.6) is 0 Å². The summed E-state index contributed by atoms with van der Waals surface area (Å²) in [6.45, 7) is 1.26. The first-order valence-corrected chi connectivity index (χ1v) is 4.52. The highest BCUT2D eigenvalue weighted by atomic mass is 19.1. The van der Waals surface area contributed by atoms with Crippen LogP contribution in [0.25, 0.3) is 0 Å². The van der Waals surface area contributed by atoms with Crippen LogP contribution in [0.15, 0.2) is 18.2 Å². The van der Waals surface area contributed by atoms with Crippen LogP contribution in [0.2, 0.25) is 0 Å². The van der Waals surface area contributed by atoms with Crippen molar-refractivity contribution in [2.24, 2.45) is 0 Å². The highest BCUT2D eigenvalue weighted by molar-refractivity contribution is 5.94. The summed E-state index contributed by atoms with van der Waals surface area (Å²) in [4.78, 5) is 21.2. The smallest absolute Gasteiger partial charge is 0.315 e. The van der Waals surface area contributed by atoms with E-state index in [-0.39, 0.29) is 23.3 Å². The highest BCUT2D eigenvalue weighted by Crippen LogP contribution is 2.12. The normalized spacial score (nSPS) is 9.12. The Morgan fingerprint density at radius 3 is 2.69 bits per heavy atom. The van der Waals surface area contributed by atoms with Gasteiger partial charge in [-0.3, -0.25) is 9.59 Å². The van der Waals surface area contributed by atoms with Gasteiger partial charge in [0.1, 0.15) is 12.2 Å². The second-order valence-corrected chi connectivity index (χ2v) is 3.10. The molecule has 3 nitrogen and oxygen atoms in total. The van der Waals surface area contributed by atoms with Crippen molar-refractivity contribution < 1.29 is 19.1 Å². The Balaban J connectivity index is 3.05.